The van der Waals surface area contributed by atoms with E-state index in [2.05, 4.69) is 16.6 Å². The summed E-state index contributed by atoms with van der Waals surface area (Å²) in [7, 11) is 1.30. The number of rotatable bonds is 6. The summed E-state index contributed by atoms with van der Waals surface area (Å²) >= 11 is 0. The first-order valence-corrected chi connectivity index (χ1v) is 7.21. The number of methoxy groups -OCH3 is 1. The Morgan fingerprint density at radius 3 is 2.63 bits per heavy atom. The number of hydrogen-bond donors (Lipinski definition) is 2. The molecule has 1 aliphatic rings. The maximum atomic E-state index is 11.6. The predicted molar refractivity (Wildman–Crippen MR) is 74.7 cm³/mol. The molecule has 3 N–H and O–H groups in total. The van der Waals surface area contributed by atoms with Crippen LogP contribution in [0.5, 0.6) is 0 Å². The lowest BCUT2D eigenvalue weighted by Gasteiger charge is -2.41. The van der Waals surface area contributed by atoms with Gasteiger partial charge in [0.25, 0.3) is 0 Å². The van der Waals surface area contributed by atoms with Crippen molar-refractivity contribution in [2.24, 2.45) is 11.7 Å². The fourth-order valence-corrected chi connectivity index (χ4v) is 3.09. The molecule has 1 aliphatic carbocycles. The lowest BCUT2D eigenvalue weighted by Crippen LogP contribution is -2.53. The average molecular weight is 272 g/mol. The highest BCUT2D eigenvalue weighted by atomic mass is 16.5. The number of carbonyl (C=O) groups is 1. The van der Waals surface area contributed by atoms with E-state index in [4.69, 9.17) is 5.73 Å². The highest BCUT2D eigenvalue weighted by Gasteiger charge is 2.37. The van der Waals surface area contributed by atoms with E-state index in [0.29, 0.717) is 25.0 Å². The molecule has 5 nitrogen and oxygen atoms in total. The largest absolute Gasteiger partial charge is 0.467 e. The summed E-state index contributed by atoms with van der Waals surface area (Å²) in [6, 6.07) is 0.361. The highest BCUT2D eigenvalue weighted by Crippen LogP contribution is 2.28. The molecule has 1 fully saturated rings. The average Bonchev–Trinajstić information content (AvgIpc) is 2.43. The molecule has 5 heteroatoms. The summed E-state index contributed by atoms with van der Waals surface area (Å²) in [5.74, 6) is -0.117. The van der Waals surface area contributed by atoms with Gasteiger partial charge in [0.05, 0.1) is 7.11 Å². The van der Waals surface area contributed by atoms with Crippen molar-refractivity contribution in [1.29, 1.82) is 0 Å². The van der Waals surface area contributed by atoms with E-state index < -0.39 is 11.6 Å². The van der Waals surface area contributed by atoms with E-state index in [1.165, 1.54) is 26.9 Å². The van der Waals surface area contributed by atoms with Gasteiger partial charge in [-0.25, -0.2) is 4.79 Å². The molecule has 0 spiro atoms. The Hall–Kier alpha value is -0.650. The van der Waals surface area contributed by atoms with Crippen LogP contribution in [0.3, 0.4) is 0 Å². The summed E-state index contributed by atoms with van der Waals surface area (Å²) < 4.78 is 4.66. The minimum atomic E-state index is -1.46. The lowest BCUT2D eigenvalue weighted by molar-refractivity contribution is -0.163. The van der Waals surface area contributed by atoms with Gasteiger partial charge in [-0.2, -0.15) is 0 Å². The molecule has 3 unspecified atom stereocenters. The number of hydrogen-bond acceptors (Lipinski definition) is 5. The van der Waals surface area contributed by atoms with Crippen LogP contribution < -0.4 is 5.73 Å². The third-order valence-electron chi connectivity index (χ3n) is 4.18. The van der Waals surface area contributed by atoms with E-state index >= 15 is 0 Å². The van der Waals surface area contributed by atoms with Crippen LogP contribution in [-0.4, -0.2) is 54.4 Å². The molecule has 112 valence electrons. The van der Waals surface area contributed by atoms with Crippen LogP contribution in [0.2, 0.25) is 0 Å². The standard InChI is InChI=1S/C14H28N2O3/c1-4-16(10-14(2,18)13(17)19-3)12-8-6-5-7-11(12)9-15/h11-12,18H,4-10,15H2,1-3H3. The number of esters is 1. The molecule has 0 saturated heterocycles. The van der Waals surface area contributed by atoms with E-state index in [0.717, 1.165) is 19.4 Å². The van der Waals surface area contributed by atoms with Gasteiger partial charge in [0, 0.05) is 12.6 Å². The number of aliphatic hydroxyl groups is 1. The summed E-state index contributed by atoms with van der Waals surface area (Å²) in [5.41, 5.74) is 4.40. The first kappa shape index (κ1) is 16.4. The Morgan fingerprint density at radius 1 is 1.47 bits per heavy atom. The zero-order chi connectivity index (χ0) is 14.5. The number of carbonyl (C=O) groups excluding carboxylic acids is 1. The molecule has 0 aromatic carbocycles. The van der Waals surface area contributed by atoms with Crippen LogP contribution in [0, 0.1) is 5.92 Å². The van der Waals surface area contributed by atoms with Gasteiger partial charge in [0.15, 0.2) is 5.60 Å². The zero-order valence-electron chi connectivity index (χ0n) is 12.4. The van der Waals surface area contributed by atoms with Crippen LogP contribution in [-0.2, 0) is 9.53 Å². The van der Waals surface area contributed by atoms with Crippen molar-refractivity contribution >= 4 is 5.97 Å². The number of nitrogens with two attached hydrogens (primary N) is 1. The van der Waals surface area contributed by atoms with Gasteiger partial charge in [-0.3, -0.25) is 4.90 Å². The quantitative estimate of drug-likeness (QED) is 0.698. The van der Waals surface area contributed by atoms with Crippen LogP contribution in [0.1, 0.15) is 39.5 Å². The fourth-order valence-electron chi connectivity index (χ4n) is 3.09. The Kier molecular flexibility index (Phi) is 6.23. The topological polar surface area (TPSA) is 75.8 Å². The molecule has 0 bridgehead atoms. The molecule has 3 atom stereocenters. The second-order valence-electron chi connectivity index (χ2n) is 5.68. The van der Waals surface area contributed by atoms with Crippen LogP contribution >= 0.6 is 0 Å². The normalized spacial score (nSPS) is 27.1. The van der Waals surface area contributed by atoms with Gasteiger partial charge in [0.2, 0.25) is 0 Å². The Balaban J connectivity index is 2.73. The second kappa shape index (κ2) is 7.22. The molecule has 0 radical (unpaired) electrons. The molecule has 0 aromatic heterocycles. The minimum Gasteiger partial charge on any atom is -0.467 e. The molecule has 19 heavy (non-hydrogen) atoms. The van der Waals surface area contributed by atoms with E-state index in [-0.39, 0.29) is 0 Å². The molecule has 1 saturated carbocycles. The Labute approximate surface area is 116 Å². The first-order chi connectivity index (χ1) is 8.96. The van der Waals surface area contributed by atoms with E-state index in [1.54, 1.807) is 0 Å². The van der Waals surface area contributed by atoms with Crippen molar-refractivity contribution in [2.45, 2.75) is 51.2 Å². The van der Waals surface area contributed by atoms with Crippen LogP contribution in [0.25, 0.3) is 0 Å². The molecule has 0 aromatic rings. The third-order valence-corrected chi connectivity index (χ3v) is 4.18. The zero-order valence-corrected chi connectivity index (χ0v) is 12.4. The number of ether oxygens (including phenoxy) is 1. The Morgan fingerprint density at radius 2 is 2.11 bits per heavy atom. The third kappa shape index (κ3) is 4.16. The van der Waals surface area contributed by atoms with Gasteiger partial charge in [-0.05, 0) is 38.8 Å². The van der Waals surface area contributed by atoms with Crippen molar-refractivity contribution in [1.82, 2.24) is 4.90 Å². The van der Waals surface area contributed by atoms with Crippen molar-refractivity contribution in [3.05, 3.63) is 0 Å². The van der Waals surface area contributed by atoms with Gasteiger partial charge in [-0.1, -0.05) is 19.8 Å². The summed E-state index contributed by atoms with van der Waals surface area (Å²) in [6.45, 7) is 5.34. The number of nitrogens with zero attached hydrogens (tertiary/aromatic N) is 1. The van der Waals surface area contributed by atoms with Crippen molar-refractivity contribution in [2.75, 3.05) is 26.7 Å². The second-order valence-corrected chi connectivity index (χ2v) is 5.68. The van der Waals surface area contributed by atoms with Crippen molar-refractivity contribution < 1.29 is 14.6 Å². The minimum absolute atomic E-state index is 0.303. The fraction of sp³-hybridized carbons (Fsp3) is 0.929. The van der Waals surface area contributed by atoms with Gasteiger partial charge in [-0.15, -0.1) is 0 Å². The smallest absolute Gasteiger partial charge is 0.338 e. The van der Waals surface area contributed by atoms with Gasteiger partial charge < -0.3 is 15.6 Å². The predicted octanol–water partition coefficient (Wildman–Crippen LogP) is 0.750. The summed E-state index contributed by atoms with van der Waals surface area (Å²) in [6.07, 6.45) is 4.65. The van der Waals surface area contributed by atoms with E-state index in [1.807, 2.05) is 0 Å². The summed E-state index contributed by atoms with van der Waals surface area (Å²) in [4.78, 5) is 13.8. The van der Waals surface area contributed by atoms with Gasteiger partial charge in [0.1, 0.15) is 0 Å². The maximum absolute atomic E-state index is 11.6. The Bertz CT molecular complexity index is 294. The molecule has 0 heterocycles. The maximum Gasteiger partial charge on any atom is 0.338 e. The van der Waals surface area contributed by atoms with Crippen molar-refractivity contribution in [3.63, 3.8) is 0 Å². The first-order valence-electron chi connectivity index (χ1n) is 7.21. The summed E-state index contributed by atoms with van der Waals surface area (Å²) in [5, 5.41) is 10.2. The molecular formula is C14H28N2O3. The SMILES string of the molecule is CCN(CC(C)(O)C(=O)OC)C1CCCCC1CN. The lowest BCUT2D eigenvalue weighted by atomic mass is 9.83. The van der Waals surface area contributed by atoms with E-state index in [9.17, 15) is 9.90 Å². The monoisotopic (exact) mass is 272 g/mol. The van der Waals surface area contributed by atoms with Crippen LogP contribution in [0.4, 0.5) is 0 Å². The molecule has 0 aliphatic heterocycles. The highest BCUT2D eigenvalue weighted by molar-refractivity contribution is 5.78. The number of likely N-dealkylation sites (N-methyl/N-ethyl adjacent to an activating group) is 1. The molecule has 0 amide bonds. The van der Waals surface area contributed by atoms with Crippen LogP contribution in [0.15, 0.2) is 0 Å². The van der Waals surface area contributed by atoms with Crippen molar-refractivity contribution in [3.8, 4) is 0 Å². The van der Waals surface area contributed by atoms with Gasteiger partial charge >= 0.3 is 5.97 Å². The molecular weight excluding hydrogens is 244 g/mol. The molecule has 1 rings (SSSR count).